The molecular formula is C12H12F5NO. The number of rotatable bonds is 3. The summed E-state index contributed by atoms with van der Waals surface area (Å²) in [5, 5.41) is 0. The van der Waals surface area contributed by atoms with Crippen LogP contribution in [0.5, 0.6) is 0 Å². The third-order valence-electron chi connectivity index (χ3n) is 2.51. The first-order chi connectivity index (χ1) is 8.55. The molecule has 0 bridgehead atoms. The summed E-state index contributed by atoms with van der Waals surface area (Å²) in [6, 6.07) is 6.47. The van der Waals surface area contributed by atoms with Gasteiger partial charge in [-0.1, -0.05) is 29.8 Å². The molecule has 7 heteroatoms. The average molecular weight is 281 g/mol. The Morgan fingerprint density at radius 2 is 1.58 bits per heavy atom. The van der Waals surface area contributed by atoms with Crippen LogP contribution in [0.25, 0.3) is 0 Å². The summed E-state index contributed by atoms with van der Waals surface area (Å²) in [4.78, 5) is 11.5. The third kappa shape index (κ3) is 3.42. The van der Waals surface area contributed by atoms with Crippen LogP contribution in [0.4, 0.5) is 22.0 Å². The van der Waals surface area contributed by atoms with Crippen molar-refractivity contribution in [3.8, 4) is 0 Å². The van der Waals surface area contributed by atoms with E-state index >= 15 is 0 Å². The van der Waals surface area contributed by atoms with Crippen molar-refractivity contribution in [2.75, 3.05) is 7.05 Å². The molecule has 0 fully saturated rings. The number of carbonyl (C=O) groups is 1. The average Bonchev–Trinajstić information content (AvgIpc) is 2.29. The van der Waals surface area contributed by atoms with Crippen LogP contribution < -0.4 is 0 Å². The summed E-state index contributed by atoms with van der Waals surface area (Å²) in [5.74, 6) is -7.63. The second kappa shape index (κ2) is 5.14. The van der Waals surface area contributed by atoms with E-state index < -0.39 is 18.0 Å². The molecule has 19 heavy (non-hydrogen) atoms. The number of aryl methyl sites for hydroxylation is 1. The molecule has 2 nitrogen and oxygen atoms in total. The molecule has 0 radical (unpaired) electrons. The molecule has 0 aliphatic rings. The van der Waals surface area contributed by atoms with E-state index in [0.29, 0.717) is 10.5 Å². The van der Waals surface area contributed by atoms with Crippen LogP contribution in [-0.4, -0.2) is 30.0 Å². The lowest BCUT2D eigenvalue weighted by atomic mass is 10.1. The van der Waals surface area contributed by atoms with Gasteiger partial charge in [0.15, 0.2) is 0 Å². The highest BCUT2D eigenvalue weighted by atomic mass is 19.4. The van der Waals surface area contributed by atoms with Gasteiger partial charge in [0.05, 0.1) is 0 Å². The number of hydrogen-bond donors (Lipinski definition) is 0. The number of carbonyl (C=O) groups excluding carboxylic acids is 1. The Labute approximate surface area is 106 Å². The zero-order valence-corrected chi connectivity index (χ0v) is 10.3. The van der Waals surface area contributed by atoms with Gasteiger partial charge in [-0.25, -0.2) is 0 Å². The Bertz CT molecular complexity index is 452. The molecule has 0 aliphatic carbocycles. The van der Waals surface area contributed by atoms with Gasteiger partial charge in [-0.05, 0) is 12.5 Å². The van der Waals surface area contributed by atoms with E-state index in [2.05, 4.69) is 0 Å². The zero-order chi connectivity index (χ0) is 14.8. The Kier molecular flexibility index (Phi) is 4.17. The van der Waals surface area contributed by atoms with E-state index in [1.54, 1.807) is 31.2 Å². The molecular weight excluding hydrogens is 269 g/mol. The Morgan fingerprint density at radius 3 is 2.00 bits per heavy atom. The summed E-state index contributed by atoms with van der Waals surface area (Å²) >= 11 is 0. The van der Waals surface area contributed by atoms with Gasteiger partial charge >= 0.3 is 18.0 Å². The number of amides is 1. The highest BCUT2D eigenvalue weighted by molar-refractivity contribution is 5.84. The van der Waals surface area contributed by atoms with Crippen LogP contribution >= 0.6 is 0 Å². The minimum absolute atomic E-state index is 0.315. The van der Waals surface area contributed by atoms with E-state index in [0.717, 1.165) is 12.6 Å². The maximum atomic E-state index is 12.8. The maximum absolute atomic E-state index is 12.8. The Balaban J connectivity index is 2.81. The summed E-state index contributed by atoms with van der Waals surface area (Å²) < 4.78 is 61.8. The number of nitrogens with zero attached hydrogens (tertiary/aromatic N) is 1. The van der Waals surface area contributed by atoms with Crippen LogP contribution in [0.3, 0.4) is 0 Å². The second-order valence-electron chi connectivity index (χ2n) is 4.22. The molecule has 0 atom stereocenters. The van der Waals surface area contributed by atoms with Crippen LogP contribution in [0.1, 0.15) is 11.1 Å². The molecule has 0 aromatic heterocycles. The Morgan fingerprint density at radius 1 is 1.11 bits per heavy atom. The van der Waals surface area contributed by atoms with E-state index in [9.17, 15) is 26.7 Å². The van der Waals surface area contributed by atoms with Crippen molar-refractivity contribution in [1.82, 2.24) is 4.90 Å². The number of hydrogen-bond acceptors (Lipinski definition) is 1. The zero-order valence-electron chi connectivity index (χ0n) is 10.3. The lowest BCUT2D eigenvalue weighted by Crippen LogP contribution is -2.50. The molecule has 106 valence electrons. The third-order valence-corrected chi connectivity index (χ3v) is 2.51. The van der Waals surface area contributed by atoms with Crippen molar-refractivity contribution >= 4 is 5.91 Å². The monoisotopic (exact) mass is 281 g/mol. The van der Waals surface area contributed by atoms with Crippen LogP contribution in [0.15, 0.2) is 24.3 Å². The number of benzene rings is 1. The fraction of sp³-hybridized carbons (Fsp3) is 0.417. The molecule has 0 saturated heterocycles. The lowest BCUT2D eigenvalue weighted by Gasteiger charge is -2.24. The fourth-order valence-electron chi connectivity index (χ4n) is 1.40. The predicted octanol–water partition coefficient (Wildman–Crippen LogP) is 3.15. The minimum atomic E-state index is -5.88. The Hall–Kier alpha value is -1.66. The minimum Gasteiger partial charge on any atom is -0.336 e. The molecule has 1 amide bonds. The first kappa shape index (κ1) is 15.4. The van der Waals surface area contributed by atoms with Crippen molar-refractivity contribution < 1.29 is 26.7 Å². The first-order valence-electron chi connectivity index (χ1n) is 5.31. The molecule has 0 saturated carbocycles. The van der Waals surface area contributed by atoms with Crippen molar-refractivity contribution in [3.05, 3.63) is 35.4 Å². The molecule has 0 aliphatic heterocycles. The second-order valence-corrected chi connectivity index (χ2v) is 4.22. The normalized spacial score (nSPS) is 12.4. The van der Waals surface area contributed by atoms with Gasteiger partial charge in [0.1, 0.15) is 0 Å². The van der Waals surface area contributed by atoms with Crippen molar-refractivity contribution in [1.29, 1.82) is 0 Å². The topological polar surface area (TPSA) is 20.3 Å². The largest absolute Gasteiger partial charge is 0.463 e. The maximum Gasteiger partial charge on any atom is 0.463 e. The van der Waals surface area contributed by atoms with Gasteiger partial charge in [-0.3, -0.25) is 4.79 Å². The van der Waals surface area contributed by atoms with E-state index in [-0.39, 0.29) is 6.54 Å². The summed E-state index contributed by atoms with van der Waals surface area (Å²) in [6.45, 7) is 1.49. The molecule has 1 aromatic carbocycles. The van der Waals surface area contributed by atoms with Gasteiger partial charge in [0.25, 0.3) is 0 Å². The highest BCUT2D eigenvalue weighted by Crippen LogP contribution is 2.36. The standard InChI is InChI=1S/C12H12F5NO/c1-8-3-5-9(6-4-8)7-18(2)10(19)11(13,14)12(15,16)17/h3-6H,7H2,1-2H3. The fourth-order valence-corrected chi connectivity index (χ4v) is 1.40. The van der Waals surface area contributed by atoms with Gasteiger partial charge in [-0.15, -0.1) is 0 Å². The van der Waals surface area contributed by atoms with Crippen molar-refractivity contribution in [2.45, 2.75) is 25.6 Å². The van der Waals surface area contributed by atoms with E-state index in [4.69, 9.17) is 0 Å². The molecule has 0 unspecified atom stereocenters. The predicted molar refractivity (Wildman–Crippen MR) is 58.7 cm³/mol. The first-order valence-corrected chi connectivity index (χ1v) is 5.31. The molecule has 0 spiro atoms. The quantitative estimate of drug-likeness (QED) is 0.779. The molecule has 0 heterocycles. The van der Waals surface area contributed by atoms with Gasteiger partial charge in [-0.2, -0.15) is 22.0 Å². The summed E-state index contributed by atoms with van der Waals surface area (Å²) in [6.07, 6.45) is -5.88. The van der Waals surface area contributed by atoms with Crippen LogP contribution in [0.2, 0.25) is 0 Å². The van der Waals surface area contributed by atoms with Gasteiger partial charge in [0.2, 0.25) is 0 Å². The van der Waals surface area contributed by atoms with Crippen molar-refractivity contribution in [2.24, 2.45) is 0 Å². The smallest absolute Gasteiger partial charge is 0.336 e. The van der Waals surface area contributed by atoms with Crippen LogP contribution in [0, 0.1) is 6.92 Å². The van der Waals surface area contributed by atoms with Gasteiger partial charge in [0, 0.05) is 13.6 Å². The summed E-state index contributed by atoms with van der Waals surface area (Å²) in [7, 11) is 0.905. The van der Waals surface area contributed by atoms with Crippen LogP contribution in [-0.2, 0) is 11.3 Å². The van der Waals surface area contributed by atoms with Crippen molar-refractivity contribution in [3.63, 3.8) is 0 Å². The van der Waals surface area contributed by atoms with E-state index in [1.165, 1.54) is 0 Å². The van der Waals surface area contributed by atoms with Gasteiger partial charge < -0.3 is 4.90 Å². The lowest BCUT2D eigenvalue weighted by molar-refractivity contribution is -0.274. The van der Waals surface area contributed by atoms with E-state index in [1.807, 2.05) is 0 Å². The molecule has 0 N–H and O–H groups in total. The summed E-state index contributed by atoms with van der Waals surface area (Å²) in [5.41, 5.74) is 1.39. The highest BCUT2D eigenvalue weighted by Gasteiger charge is 2.64. The molecule has 1 rings (SSSR count). The number of alkyl halides is 5. The number of halogens is 5. The SMILES string of the molecule is Cc1ccc(CN(C)C(=O)C(F)(F)C(F)(F)F)cc1. The molecule has 1 aromatic rings.